The summed E-state index contributed by atoms with van der Waals surface area (Å²) in [6.45, 7) is 2.49. The molecule has 38 heavy (non-hydrogen) atoms. The highest BCUT2D eigenvalue weighted by Gasteiger charge is 2.22. The minimum Gasteiger partial charge on any atom is -0.475 e. The molecule has 1 fully saturated rings. The molecule has 1 aliphatic heterocycles. The van der Waals surface area contributed by atoms with E-state index in [-0.39, 0.29) is 41.8 Å². The summed E-state index contributed by atoms with van der Waals surface area (Å²) in [5, 5.41) is 15.9. The van der Waals surface area contributed by atoms with Gasteiger partial charge in [0.05, 0.1) is 50.0 Å². The largest absolute Gasteiger partial charge is 0.475 e. The maximum absolute atomic E-state index is 13.5. The predicted octanol–water partition coefficient (Wildman–Crippen LogP) is 1.72. The third kappa shape index (κ3) is 7.32. The van der Waals surface area contributed by atoms with Crippen LogP contribution in [0.2, 0.25) is 0 Å². The average Bonchev–Trinajstić information content (AvgIpc) is 3.32. The number of thiazole rings is 1. The summed E-state index contributed by atoms with van der Waals surface area (Å²) >= 11 is 1.28. The first-order chi connectivity index (χ1) is 18.4. The molecule has 0 radical (unpaired) electrons. The van der Waals surface area contributed by atoms with E-state index in [2.05, 4.69) is 15.1 Å². The highest BCUT2D eigenvalue weighted by Crippen LogP contribution is 2.24. The van der Waals surface area contributed by atoms with Gasteiger partial charge in [-0.05, 0) is 24.6 Å². The van der Waals surface area contributed by atoms with Crippen molar-refractivity contribution >= 4 is 43.0 Å². The SMILES string of the molecule is COCCCS(=O)(=O)c1ccc(/C(=N\N2CCOCC2)C(=O)Cc2nc3ccc(OCCO)nc3s2)cc1. The Bertz CT molecular complexity index is 1370. The van der Waals surface area contributed by atoms with Crippen molar-refractivity contribution in [1.29, 1.82) is 0 Å². The molecule has 0 saturated carbocycles. The molecule has 0 atom stereocenters. The number of aromatic nitrogens is 2. The van der Waals surface area contributed by atoms with Gasteiger partial charge in [0.15, 0.2) is 15.6 Å². The van der Waals surface area contributed by atoms with Gasteiger partial charge in [-0.25, -0.2) is 18.4 Å². The van der Waals surface area contributed by atoms with Crippen molar-refractivity contribution < 1.29 is 32.5 Å². The van der Waals surface area contributed by atoms with Crippen molar-refractivity contribution in [2.75, 3.05) is 59.0 Å². The fourth-order valence-corrected chi connectivity index (χ4v) is 5.98. The van der Waals surface area contributed by atoms with E-state index >= 15 is 0 Å². The maximum Gasteiger partial charge on any atom is 0.214 e. The van der Waals surface area contributed by atoms with Crippen molar-refractivity contribution in [3.63, 3.8) is 0 Å². The summed E-state index contributed by atoms with van der Waals surface area (Å²) < 4.78 is 41.0. The Morgan fingerprint density at radius 1 is 1.13 bits per heavy atom. The second kappa shape index (κ2) is 13.2. The van der Waals surface area contributed by atoms with Gasteiger partial charge >= 0.3 is 0 Å². The number of aliphatic hydroxyl groups excluding tert-OH is 1. The van der Waals surface area contributed by atoms with Crippen LogP contribution in [0.25, 0.3) is 10.3 Å². The molecule has 0 spiro atoms. The number of hydrogen-bond donors (Lipinski definition) is 1. The third-order valence-electron chi connectivity index (χ3n) is 5.67. The lowest BCUT2D eigenvalue weighted by atomic mass is 10.0. The molecule has 1 aliphatic rings. The number of sulfone groups is 1. The van der Waals surface area contributed by atoms with Crippen molar-refractivity contribution in [2.24, 2.45) is 5.10 Å². The molecule has 11 nitrogen and oxygen atoms in total. The molecule has 3 aromatic rings. The number of hydrazone groups is 1. The Morgan fingerprint density at radius 2 is 1.89 bits per heavy atom. The zero-order chi connectivity index (χ0) is 27.0. The predicted molar refractivity (Wildman–Crippen MR) is 143 cm³/mol. The van der Waals surface area contributed by atoms with Crippen LogP contribution in [0.3, 0.4) is 0 Å². The average molecular weight is 563 g/mol. The van der Waals surface area contributed by atoms with Gasteiger partial charge in [-0.1, -0.05) is 23.5 Å². The monoisotopic (exact) mass is 562 g/mol. The van der Waals surface area contributed by atoms with Crippen molar-refractivity contribution in [3.05, 3.63) is 47.0 Å². The minimum absolute atomic E-state index is 0.00803. The number of aliphatic hydroxyl groups is 1. The molecule has 1 N–H and O–H groups in total. The van der Waals surface area contributed by atoms with Gasteiger partial charge in [0.1, 0.15) is 27.7 Å². The molecule has 2 aromatic heterocycles. The summed E-state index contributed by atoms with van der Waals surface area (Å²) in [5.74, 6) is 0.106. The topological polar surface area (TPSA) is 141 Å². The maximum atomic E-state index is 13.5. The molecular weight excluding hydrogens is 532 g/mol. The third-order valence-corrected chi connectivity index (χ3v) is 8.45. The van der Waals surface area contributed by atoms with Gasteiger partial charge in [0, 0.05) is 25.3 Å². The number of fused-ring (bicyclic) bond motifs is 1. The molecule has 204 valence electrons. The minimum atomic E-state index is -3.47. The van der Waals surface area contributed by atoms with E-state index < -0.39 is 9.84 Å². The highest BCUT2D eigenvalue weighted by atomic mass is 32.2. The summed E-state index contributed by atoms with van der Waals surface area (Å²) in [6.07, 6.45) is 0.406. The fourth-order valence-electron chi connectivity index (χ4n) is 3.77. The molecule has 0 aliphatic carbocycles. The van der Waals surface area contributed by atoms with E-state index in [1.54, 1.807) is 29.3 Å². The standard InChI is InChI=1S/C25H30N4O7S2/c1-34-12-2-16-38(32,33)19-5-3-18(4-6-19)24(28-29-9-13-35-14-10-29)21(31)17-23-26-20-7-8-22(36-15-11-30)27-25(20)37-23/h3-8,30H,2,9-17H2,1H3/b28-24+. The number of carbonyl (C=O) groups excluding carboxylic acids is 1. The highest BCUT2D eigenvalue weighted by molar-refractivity contribution is 7.91. The van der Waals surface area contributed by atoms with Crippen molar-refractivity contribution in [2.45, 2.75) is 17.7 Å². The number of benzene rings is 1. The summed E-state index contributed by atoms with van der Waals surface area (Å²) in [5.41, 5.74) is 1.40. The van der Waals surface area contributed by atoms with Crippen molar-refractivity contribution in [3.8, 4) is 5.88 Å². The summed E-state index contributed by atoms with van der Waals surface area (Å²) in [7, 11) is -1.94. The van der Waals surface area contributed by atoms with Crippen molar-refractivity contribution in [1.82, 2.24) is 15.0 Å². The van der Waals surface area contributed by atoms with Crippen LogP contribution in [0, 0.1) is 0 Å². The van der Waals surface area contributed by atoms with Gasteiger partial charge < -0.3 is 19.3 Å². The molecule has 3 heterocycles. The number of hydrogen-bond acceptors (Lipinski definition) is 12. The van der Waals surface area contributed by atoms with Gasteiger partial charge in [-0.15, -0.1) is 0 Å². The molecule has 0 unspecified atom stereocenters. The number of ether oxygens (including phenoxy) is 3. The van der Waals surface area contributed by atoms with Gasteiger partial charge in [-0.3, -0.25) is 9.80 Å². The van der Waals surface area contributed by atoms with Crippen LogP contribution >= 0.6 is 11.3 Å². The Labute approximate surface area is 225 Å². The van der Waals surface area contributed by atoms with E-state index in [0.29, 0.717) is 66.1 Å². The normalized spacial score (nSPS) is 14.7. The van der Waals surface area contributed by atoms with E-state index in [1.165, 1.54) is 30.6 Å². The lowest BCUT2D eigenvalue weighted by molar-refractivity contribution is -0.112. The van der Waals surface area contributed by atoms with E-state index in [9.17, 15) is 13.2 Å². The lowest BCUT2D eigenvalue weighted by Crippen LogP contribution is -2.34. The summed E-state index contributed by atoms with van der Waals surface area (Å²) in [6, 6.07) is 9.67. The number of ketones is 1. The number of morpholine rings is 1. The Balaban J connectivity index is 1.57. The first-order valence-electron chi connectivity index (χ1n) is 12.2. The Kier molecular flexibility index (Phi) is 9.74. The molecule has 4 rings (SSSR count). The molecule has 0 amide bonds. The van der Waals surface area contributed by atoms with Crippen LogP contribution in [-0.2, 0) is 30.5 Å². The van der Waals surface area contributed by atoms with Gasteiger partial charge in [-0.2, -0.15) is 5.10 Å². The zero-order valence-corrected chi connectivity index (χ0v) is 22.7. The quantitative estimate of drug-likeness (QED) is 0.242. The van der Waals surface area contributed by atoms with Crippen LogP contribution in [0.15, 0.2) is 46.4 Å². The number of nitrogens with zero attached hydrogens (tertiary/aromatic N) is 4. The molecular formula is C25H30N4O7S2. The Hall–Kier alpha value is -2.97. The number of pyridine rings is 1. The van der Waals surface area contributed by atoms with Gasteiger partial charge in [0.25, 0.3) is 0 Å². The fraction of sp³-hybridized carbons (Fsp3) is 0.440. The number of rotatable bonds is 13. The van der Waals surface area contributed by atoms with E-state index in [4.69, 9.17) is 19.3 Å². The first kappa shape index (κ1) is 28.0. The van der Waals surface area contributed by atoms with E-state index in [0.717, 1.165) is 0 Å². The van der Waals surface area contributed by atoms with E-state index in [1.807, 2.05) is 0 Å². The Morgan fingerprint density at radius 3 is 2.61 bits per heavy atom. The molecule has 0 bridgehead atoms. The molecule has 1 saturated heterocycles. The summed E-state index contributed by atoms with van der Waals surface area (Å²) in [4.78, 5) is 23.2. The lowest BCUT2D eigenvalue weighted by Gasteiger charge is -2.25. The molecule has 13 heteroatoms. The second-order valence-electron chi connectivity index (χ2n) is 8.46. The van der Waals surface area contributed by atoms with Crippen LogP contribution in [0.1, 0.15) is 17.0 Å². The van der Waals surface area contributed by atoms with Crippen LogP contribution in [-0.4, -0.2) is 99.0 Å². The van der Waals surface area contributed by atoms with Crippen LogP contribution < -0.4 is 4.74 Å². The van der Waals surface area contributed by atoms with Crippen LogP contribution in [0.5, 0.6) is 5.88 Å². The molecule has 1 aromatic carbocycles. The van der Waals surface area contributed by atoms with Crippen LogP contribution in [0.4, 0.5) is 0 Å². The first-order valence-corrected chi connectivity index (χ1v) is 14.6. The number of Topliss-reactive ketones (excluding diaryl/α,β-unsaturated/α-hetero) is 1. The number of carbonyl (C=O) groups is 1. The second-order valence-corrected chi connectivity index (χ2v) is 11.6. The zero-order valence-electron chi connectivity index (χ0n) is 21.0. The smallest absolute Gasteiger partial charge is 0.214 e. The van der Waals surface area contributed by atoms with Gasteiger partial charge in [0.2, 0.25) is 5.88 Å². The number of methoxy groups -OCH3 is 1.